The average molecular weight is 1130 g/mol. The number of urea groups is 1. The Bertz CT molecular complexity index is 2530. The van der Waals surface area contributed by atoms with Gasteiger partial charge in [0.25, 0.3) is 23.6 Å². The fourth-order valence-corrected chi connectivity index (χ4v) is 8.00. The van der Waals surface area contributed by atoms with E-state index < -0.39 is 92.6 Å². The Morgan fingerprint density at radius 2 is 1.19 bits per heavy atom. The highest BCUT2D eigenvalue weighted by atomic mass is 79.9. The number of carbonyl (C=O) groups excluding carboxylic acids is 9. The molecule has 0 bridgehead atoms. The minimum absolute atomic E-state index is 0.0389. The van der Waals surface area contributed by atoms with Gasteiger partial charge in [0, 0.05) is 52.4 Å². The largest absolute Gasteiger partial charge is 0.383 e. The zero-order chi connectivity index (χ0) is 54.0. The Labute approximate surface area is 445 Å². The van der Waals surface area contributed by atoms with E-state index in [1.54, 1.807) is 42.5 Å². The number of benzene rings is 3. The predicted molar refractivity (Wildman–Crippen MR) is 281 cm³/mol. The summed E-state index contributed by atoms with van der Waals surface area (Å²) in [5.74, 6) is -6.39. The maximum atomic E-state index is 14.4. The van der Waals surface area contributed by atoms with E-state index in [0.717, 1.165) is 19.8 Å². The van der Waals surface area contributed by atoms with Crippen LogP contribution in [0.3, 0.4) is 0 Å². The van der Waals surface area contributed by atoms with Gasteiger partial charge in [0.1, 0.15) is 13.1 Å². The molecule has 10 amide bonds. The number of hydrogen-bond donors (Lipinski definition) is 8. The smallest absolute Gasteiger partial charge is 0.338 e. The van der Waals surface area contributed by atoms with Crippen molar-refractivity contribution in [1.29, 1.82) is 0 Å². The van der Waals surface area contributed by atoms with Crippen LogP contribution in [0.15, 0.2) is 95.5 Å². The quantitative estimate of drug-likeness (QED) is 0.0298. The number of nitrogens with zero attached hydrogens (tertiary/aromatic N) is 5. The van der Waals surface area contributed by atoms with Crippen LogP contribution in [-0.2, 0) is 33.5 Å². The van der Waals surface area contributed by atoms with Crippen molar-refractivity contribution in [2.75, 3.05) is 91.0 Å². The molecule has 0 saturated heterocycles. The van der Waals surface area contributed by atoms with Crippen LogP contribution < -0.4 is 44.2 Å². The summed E-state index contributed by atoms with van der Waals surface area (Å²) < 4.78 is 6.12. The molecule has 0 fully saturated rings. The summed E-state index contributed by atoms with van der Waals surface area (Å²) in [7, 11) is 1.36. The molecule has 398 valence electrons. The second-order valence-corrected chi connectivity index (χ2v) is 18.7. The van der Waals surface area contributed by atoms with E-state index in [2.05, 4.69) is 42.9 Å². The standard InChI is InChI=1S/C48H61BrClN13O10S/c1-73-26-25-61(30-43(67)60(24-8-6-22-52)29-42(66)59(28-40(53)64)23-7-5-21-51)44(68)31-63(58-48(72)55-37-9-3-2-4-10-37)45(69)32-62(57-46(70)34-13-17-36(50)18-14-34)41(65)27-54-56-47(71)39-20-19-38(74-39)33-11-15-35(49)16-12-33/h2-4,9-20,54H,5-8,21-32,51-52H2,1H3,(H2,53,64)(H,56,71)(H,57,70)(H2,55,58,72). The maximum absolute atomic E-state index is 14.4. The first-order chi connectivity index (χ1) is 35.5. The van der Waals surface area contributed by atoms with Crippen LogP contribution in [-0.4, -0.2) is 164 Å². The van der Waals surface area contributed by atoms with Crippen LogP contribution in [0.4, 0.5) is 10.5 Å². The van der Waals surface area contributed by atoms with Crippen molar-refractivity contribution >= 4 is 97.8 Å². The van der Waals surface area contributed by atoms with E-state index in [0.29, 0.717) is 64.4 Å². The lowest BCUT2D eigenvalue weighted by Crippen LogP contribution is -2.59. The van der Waals surface area contributed by atoms with Gasteiger partial charge < -0.3 is 42.0 Å². The number of amides is 10. The first-order valence-electron chi connectivity index (χ1n) is 23.2. The van der Waals surface area contributed by atoms with Crippen LogP contribution in [0.1, 0.15) is 45.7 Å². The fourth-order valence-electron chi connectivity index (χ4n) is 6.70. The molecule has 4 aromatic rings. The number of carbonyl (C=O) groups is 9. The Morgan fingerprint density at radius 3 is 1.78 bits per heavy atom. The van der Waals surface area contributed by atoms with Crippen molar-refractivity contribution in [3.63, 3.8) is 0 Å². The molecule has 26 heteroatoms. The summed E-state index contributed by atoms with van der Waals surface area (Å²) >= 11 is 10.6. The number of nitrogens with one attached hydrogen (secondary N) is 5. The molecule has 0 atom stereocenters. The Kier molecular flexibility index (Phi) is 25.4. The second kappa shape index (κ2) is 31.6. The molecule has 0 aliphatic rings. The van der Waals surface area contributed by atoms with E-state index in [1.165, 1.54) is 52.5 Å². The molecule has 0 aliphatic heterocycles. The SMILES string of the molecule is COCCN(CC(=O)N(CCCCN)CC(=O)N(CCCCN)CC(N)=O)C(=O)CN(NC(=O)Nc1ccccc1)C(=O)CN(NC(=O)c1ccc(Cl)cc1)C(=O)CNNC(=O)c1ccc(-c2ccc(Br)cc2)s1. The van der Waals surface area contributed by atoms with Crippen molar-refractivity contribution in [2.45, 2.75) is 25.7 Å². The molecule has 0 saturated carbocycles. The molecule has 0 aliphatic carbocycles. The van der Waals surface area contributed by atoms with E-state index in [9.17, 15) is 43.2 Å². The van der Waals surface area contributed by atoms with Gasteiger partial charge in [0.15, 0.2) is 0 Å². The highest BCUT2D eigenvalue weighted by Crippen LogP contribution is 2.29. The molecule has 1 heterocycles. The van der Waals surface area contributed by atoms with Gasteiger partial charge in [-0.3, -0.25) is 49.2 Å². The van der Waals surface area contributed by atoms with Crippen LogP contribution in [0.5, 0.6) is 0 Å². The first kappa shape index (κ1) is 59.6. The van der Waals surface area contributed by atoms with E-state index in [1.807, 2.05) is 24.3 Å². The van der Waals surface area contributed by atoms with Crippen molar-refractivity contribution < 1.29 is 47.9 Å². The van der Waals surface area contributed by atoms with Gasteiger partial charge in [0.05, 0.1) is 37.7 Å². The molecule has 3 aromatic carbocycles. The van der Waals surface area contributed by atoms with Crippen LogP contribution in [0.25, 0.3) is 10.4 Å². The lowest BCUT2D eigenvalue weighted by molar-refractivity contribution is -0.149. The molecular formula is C48H61BrClN13O10S. The molecule has 23 nitrogen and oxygen atoms in total. The fraction of sp³-hybridized carbons (Fsp3) is 0.354. The first-order valence-corrected chi connectivity index (χ1v) is 25.2. The number of primary amides is 1. The highest BCUT2D eigenvalue weighted by molar-refractivity contribution is 9.10. The third-order valence-electron chi connectivity index (χ3n) is 10.6. The molecule has 74 heavy (non-hydrogen) atoms. The number of nitrogens with two attached hydrogens (primary N) is 3. The molecule has 4 rings (SSSR count). The Morgan fingerprint density at radius 1 is 0.622 bits per heavy atom. The summed E-state index contributed by atoms with van der Waals surface area (Å²) in [5.41, 5.74) is 27.7. The normalized spacial score (nSPS) is 10.7. The lowest BCUT2D eigenvalue weighted by Gasteiger charge is -2.31. The molecular weight excluding hydrogens is 1070 g/mol. The van der Waals surface area contributed by atoms with Gasteiger partial charge in [-0.15, -0.1) is 11.3 Å². The monoisotopic (exact) mass is 1130 g/mol. The van der Waals surface area contributed by atoms with E-state index in [-0.39, 0.29) is 31.8 Å². The maximum Gasteiger partial charge on any atom is 0.338 e. The van der Waals surface area contributed by atoms with Crippen molar-refractivity contribution in [3.8, 4) is 10.4 Å². The van der Waals surface area contributed by atoms with Crippen molar-refractivity contribution in [3.05, 3.63) is 111 Å². The number of thiophene rings is 1. The molecule has 0 radical (unpaired) electrons. The van der Waals surface area contributed by atoms with Crippen molar-refractivity contribution in [1.82, 2.24) is 46.4 Å². The summed E-state index contributed by atoms with van der Waals surface area (Å²) in [4.78, 5) is 127. The predicted octanol–water partition coefficient (Wildman–Crippen LogP) is 1.90. The zero-order valence-electron chi connectivity index (χ0n) is 40.7. The Hall–Kier alpha value is -7.00. The third-order valence-corrected chi connectivity index (χ3v) is 12.5. The molecule has 1 aromatic heterocycles. The summed E-state index contributed by atoms with van der Waals surface area (Å²) in [6.45, 7) is -3.52. The number of hydrogen-bond acceptors (Lipinski definition) is 14. The van der Waals surface area contributed by atoms with Crippen LogP contribution in [0, 0.1) is 0 Å². The molecule has 11 N–H and O–H groups in total. The number of halogens is 2. The minimum atomic E-state index is -1.11. The van der Waals surface area contributed by atoms with Gasteiger partial charge in [-0.25, -0.2) is 25.7 Å². The summed E-state index contributed by atoms with van der Waals surface area (Å²) in [6.07, 6.45) is 1.93. The average Bonchev–Trinajstić information content (AvgIpc) is 3.88. The van der Waals surface area contributed by atoms with Crippen LogP contribution >= 0.6 is 38.9 Å². The number of anilines is 1. The van der Waals surface area contributed by atoms with Crippen molar-refractivity contribution in [2.24, 2.45) is 17.2 Å². The summed E-state index contributed by atoms with van der Waals surface area (Å²) in [5, 5.41) is 4.09. The number of rotatable bonds is 28. The number of para-hydroxylation sites is 1. The van der Waals surface area contributed by atoms with Gasteiger partial charge in [0.2, 0.25) is 23.6 Å². The topological polar surface area (TPSA) is 317 Å². The van der Waals surface area contributed by atoms with Gasteiger partial charge >= 0.3 is 6.03 Å². The van der Waals surface area contributed by atoms with Gasteiger partial charge in [-0.1, -0.05) is 57.9 Å². The number of methoxy groups -OCH3 is 1. The lowest BCUT2D eigenvalue weighted by atomic mass is 10.2. The van der Waals surface area contributed by atoms with Gasteiger partial charge in [-0.2, -0.15) is 0 Å². The van der Waals surface area contributed by atoms with E-state index >= 15 is 0 Å². The minimum Gasteiger partial charge on any atom is -0.383 e. The number of unbranched alkanes of at least 4 members (excludes halogenated alkanes) is 2. The number of hydrazine groups is 3. The zero-order valence-corrected chi connectivity index (χ0v) is 43.8. The second-order valence-electron chi connectivity index (χ2n) is 16.2. The third kappa shape index (κ3) is 20.5. The highest BCUT2D eigenvalue weighted by Gasteiger charge is 2.30. The Balaban J connectivity index is 1.59. The van der Waals surface area contributed by atoms with Gasteiger partial charge in [-0.05, 0) is 105 Å². The summed E-state index contributed by atoms with van der Waals surface area (Å²) in [6, 6.07) is 23.6. The number of ether oxygens (including phenoxy) is 1. The van der Waals surface area contributed by atoms with Crippen LogP contribution in [0.2, 0.25) is 5.02 Å². The molecule has 0 spiro atoms. The van der Waals surface area contributed by atoms with E-state index in [4.69, 9.17) is 33.5 Å². The molecule has 0 unspecified atom stereocenters.